The molecule has 5 aromatic rings. The van der Waals surface area contributed by atoms with Gasteiger partial charge >= 0.3 is 12.1 Å². The molecule has 5 saturated heterocycles. The lowest BCUT2D eigenvalue weighted by Gasteiger charge is -2.35. The number of aromatic nitrogens is 3. The average molecular weight is 1010 g/mol. The number of nitrogens with one attached hydrogen (secondary N) is 3. The number of ether oxygens (including phenoxy) is 2. The summed E-state index contributed by atoms with van der Waals surface area (Å²) in [5.74, 6) is -1.91. The lowest BCUT2D eigenvalue weighted by atomic mass is 9.94. The quantitative estimate of drug-likeness (QED) is 0.0749. The second-order valence-electron chi connectivity index (χ2n) is 20.0. The van der Waals surface area contributed by atoms with E-state index in [1.807, 2.05) is 0 Å². The van der Waals surface area contributed by atoms with E-state index in [1.165, 1.54) is 60.6 Å². The van der Waals surface area contributed by atoms with Gasteiger partial charge in [-0.2, -0.15) is 9.97 Å². The molecular formula is C53H50F2N10O9. The van der Waals surface area contributed by atoms with Crippen LogP contribution >= 0.6 is 0 Å². The van der Waals surface area contributed by atoms with E-state index in [4.69, 9.17) is 20.9 Å². The molecule has 4 N–H and O–H groups in total. The fraction of sp³-hybridized carbons (Fsp3) is 0.377. The fourth-order valence-corrected chi connectivity index (χ4v) is 11.6. The Balaban J connectivity index is 0.756. The molecule has 380 valence electrons. The van der Waals surface area contributed by atoms with Crippen LogP contribution in [0.5, 0.6) is 11.8 Å². The molecular weight excluding hydrogens is 959 g/mol. The van der Waals surface area contributed by atoms with Gasteiger partial charge in [-0.25, -0.2) is 13.6 Å². The molecule has 6 aliphatic rings. The third-order valence-electron chi connectivity index (χ3n) is 15.2. The van der Waals surface area contributed by atoms with E-state index in [-0.39, 0.29) is 113 Å². The number of aromatic hydroxyl groups is 1. The van der Waals surface area contributed by atoms with Gasteiger partial charge in [-0.15, -0.1) is 6.42 Å². The number of hydrogen-bond donors (Lipinski definition) is 4. The van der Waals surface area contributed by atoms with Gasteiger partial charge in [0.1, 0.15) is 47.9 Å². The second kappa shape index (κ2) is 18.8. The number of hydrogen-bond acceptors (Lipinski definition) is 15. The molecule has 21 heteroatoms. The number of amides is 6. The van der Waals surface area contributed by atoms with Gasteiger partial charge in [0.05, 0.1) is 27.6 Å². The molecule has 2 bridgehead atoms. The number of phenols is 1. The van der Waals surface area contributed by atoms with Crippen LogP contribution in [0.1, 0.15) is 77.6 Å². The predicted molar refractivity (Wildman–Crippen MR) is 264 cm³/mol. The number of fused-ring (bicyclic) bond motifs is 6. The van der Waals surface area contributed by atoms with Crippen LogP contribution in [0.25, 0.3) is 32.9 Å². The van der Waals surface area contributed by atoms with Gasteiger partial charge in [0, 0.05) is 87.0 Å². The minimum absolute atomic E-state index is 0.00463. The summed E-state index contributed by atoms with van der Waals surface area (Å²) in [4.78, 5) is 97.3. The summed E-state index contributed by atoms with van der Waals surface area (Å²) < 4.78 is 44.6. The van der Waals surface area contributed by atoms with Crippen LogP contribution in [-0.4, -0.2) is 147 Å². The number of anilines is 2. The lowest BCUT2D eigenvalue weighted by Crippen LogP contribution is -2.54. The average Bonchev–Trinajstić information content (AvgIpc) is 4.08. The number of phenolic OH excluding ortho intramolecular Hbond substituents is 1. The van der Waals surface area contributed by atoms with E-state index in [9.17, 15) is 33.9 Å². The van der Waals surface area contributed by atoms with E-state index in [2.05, 4.69) is 48.2 Å². The van der Waals surface area contributed by atoms with Gasteiger partial charge in [0.25, 0.3) is 11.8 Å². The molecule has 8 heterocycles. The van der Waals surface area contributed by atoms with E-state index in [1.54, 1.807) is 0 Å². The number of pyridine rings is 1. The molecule has 6 aliphatic heterocycles. The highest BCUT2D eigenvalue weighted by Crippen LogP contribution is 2.45. The zero-order valence-electron chi connectivity index (χ0n) is 40.2. The van der Waals surface area contributed by atoms with Crippen molar-refractivity contribution >= 4 is 68.8 Å². The summed E-state index contributed by atoms with van der Waals surface area (Å²) in [5.41, 5.74) is 0.449. The van der Waals surface area contributed by atoms with Crippen molar-refractivity contribution in [1.29, 1.82) is 0 Å². The van der Waals surface area contributed by atoms with Gasteiger partial charge in [0.2, 0.25) is 17.7 Å². The zero-order chi connectivity index (χ0) is 51.7. The summed E-state index contributed by atoms with van der Waals surface area (Å²) in [7, 11) is 1.51. The van der Waals surface area contributed by atoms with Gasteiger partial charge in [-0.1, -0.05) is 24.1 Å². The Bertz CT molecular complexity index is 3320. The number of carbonyl (C=O) groups excluding carboxylic acids is 6. The molecule has 0 radical (unpaired) electrons. The van der Waals surface area contributed by atoms with Crippen LogP contribution in [0.3, 0.4) is 0 Å². The van der Waals surface area contributed by atoms with E-state index >= 15 is 8.78 Å². The van der Waals surface area contributed by atoms with Crippen molar-refractivity contribution in [3.05, 3.63) is 89.1 Å². The van der Waals surface area contributed by atoms with Crippen LogP contribution in [-0.2, 0) is 19.1 Å². The van der Waals surface area contributed by atoms with Crippen molar-refractivity contribution < 1.29 is 52.1 Å². The number of benzene rings is 3. The first kappa shape index (κ1) is 48.2. The summed E-state index contributed by atoms with van der Waals surface area (Å²) in [5, 5.41) is 20.2. The Morgan fingerprint density at radius 2 is 1.80 bits per heavy atom. The first-order valence-corrected chi connectivity index (χ1v) is 24.5. The number of imide groups is 2. The highest BCUT2D eigenvalue weighted by molar-refractivity contribution is 6.24. The molecule has 0 spiro atoms. The Hall–Kier alpha value is -8.09. The molecule has 5 unspecified atom stereocenters. The second-order valence-corrected chi connectivity index (χ2v) is 20.0. The summed E-state index contributed by atoms with van der Waals surface area (Å²) >= 11 is 0. The Kier molecular flexibility index (Phi) is 12.2. The normalized spacial score (nSPS) is 23.3. The van der Waals surface area contributed by atoms with Crippen LogP contribution in [0.4, 0.5) is 25.1 Å². The molecule has 5 fully saturated rings. The van der Waals surface area contributed by atoms with Crippen molar-refractivity contribution in [2.24, 2.45) is 0 Å². The standard InChI is InChI=1S/C53H50F2N10O9/c1-4-34-39(54)10-5-28-17-33(66)19-37(43(28)34)45-44(55)46-38(21-56-45)47(63-23-30-6-7-31(24-63)57-30)61-51(60-46)74-26-53-15-13-32(64(53)22-27(2)20-53)25-73-52(72)62(3)16-14-42(68)58-29-8-9-35-36(18-29)50(71)65(49(35)70)40-11-12-41(67)59-48(40)69/h1,5,8-10,17-19,21,30-32,40,57,66H,2,6-7,11-16,20,22-26H2,3H3,(H,58,68)(H,59,67,69). The molecule has 2 aromatic heterocycles. The number of carbonyl (C=O) groups is 6. The number of halogens is 2. The molecule has 19 nitrogen and oxygen atoms in total. The number of piperidine rings is 1. The number of terminal acetylenes is 1. The monoisotopic (exact) mass is 1010 g/mol. The van der Waals surface area contributed by atoms with Gasteiger partial charge in [-0.05, 0) is 80.3 Å². The Labute approximate surface area is 422 Å². The highest BCUT2D eigenvalue weighted by atomic mass is 19.1. The molecule has 5 atom stereocenters. The third kappa shape index (κ3) is 8.56. The third-order valence-corrected chi connectivity index (χ3v) is 15.2. The van der Waals surface area contributed by atoms with Crippen LogP contribution in [0.15, 0.2) is 60.8 Å². The molecule has 6 amide bonds. The first-order chi connectivity index (χ1) is 35.6. The minimum atomic E-state index is -1.12. The van der Waals surface area contributed by atoms with Gasteiger partial charge in [0.15, 0.2) is 5.82 Å². The maximum absolute atomic E-state index is 17.2. The van der Waals surface area contributed by atoms with Crippen molar-refractivity contribution in [3.63, 3.8) is 0 Å². The number of nitrogens with zero attached hydrogens (tertiary/aromatic N) is 7. The van der Waals surface area contributed by atoms with E-state index in [0.29, 0.717) is 55.5 Å². The molecule has 11 rings (SSSR count). The molecule has 74 heavy (non-hydrogen) atoms. The van der Waals surface area contributed by atoms with Gasteiger partial charge in [-0.3, -0.25) is 44.1 Å². The highest BCUT2D eigenvalue weighted by Gasteiger charge is 2.52. The SMILES string of the molecule is C#Cc1c(F)ccc2cc(O)cc(-c3ncc4c(N5CC6CCC(C5)N6)nc(OCC56CCC(COC(=O)N(C)CCC(=O)Nc7ccc8c(c7)C(=O)N(C7CCC(=O)NC7=O)C8=O)N5CC(=C)C6)nc4c3F)c12. The predicted octanol–water partition coefficient (Wildman–Crippen LogP) is 4.79. The lowest BCUT2D eigenvalue weighted by molar-refractivity contribution is -0.136. The largest absolute Gasteiger partial charge is 0.508 e. The summed E-state index contributed by atoms with van der Waals surface area (Å²) in [6.45, 7) is 6.19. The molecule has 0 aliphatic carbocycles. The van der Waals surface area contributed by atoms with Crippen LogP contribution in [0.2, 0.25) is 0 Å². The van der Waals surface area contributed by atoms with Crippen molar-refractivity contribution in [3.8, 4) is 35.4 Å². The van der Waals surface area contributed by atoms with Crippen molar-refractivity contribution in [2.75, 3.05) is 56.7 Å². The zero-order valence-corrected chi connectivity index (χ0v) is 40.2. The maximum Gasteiger partial charge on any atom is 0.409 e. The van der Waals surface area contributed by atoms with E-state index in [0.717, 1.165) is 23.3 Å². The fourth-order valence-electron chi connectivity index (χ4n) is 11.6. The Morgan fingerprint density at radius 1 is 1.01 bits per heavy atom. The number of rotatable bonds is 12. The van der Waals surface area contributed by atoms with E-state index < -0.39 is 58.8 Å². The Morgan fingerprint density at radius 3 is 2.57 bits per heavy atom. The maximum atomic E-state index is 17.2. The molecule has 0 saturated carbocycles. The first-order valence-electron chi connectivity index (χ1n) is 24.5. The van der Waals surface area contributed by atoms with Gasteiger partial charge < -0.3 is 35.0 Å². The van der Waals surface area contributed by atoms with Crippen LogP contribution in [0, 0.1) is 24.0 Å². The molecule has 3 aromatic carbocycles. The summed E-state index contributed by atoms with van der Waals surface area (Å²) in [6.07, 6.45) is 10.3. The topological polar surface area (TPSA) is 229 Å². The van der Waals surface area contributed by atoms with Crippen LogP contribution < -0.4 is 25.6 Å². The minimum Gasteiger partial charge on any atom is -0.508 e. The summed E-state index contributed by atoms with van der Waals surface area (Å²) in [6, 6.07) is 8.63. The van der Waals surface area contributed by atoms with Crippen molar-refractivity contribution in [1.82, 2.24) is 40.3 Å². The van der Waals surface area contributed by atoms with Crippen molar-refractivity contribution in [2.45, 2.75) is 81.1 Å². The number of piperazine rings is 1. The smallest absolute Gasteiger partial charge is 0.409 e.